The molecule has 7 unspecified atom stereocenters. The maximum absolute atomic E-state index is 13.5. The molecule has 3 fully saturated rings. The van der Waals surface area contributed by atoms with Gasteiger partial charge >= 0.3 is 5.97 Å². The number of fused-ring (bicyclic) bond motifs is 5. The highest BCUT2D eigenvalue weighted by Crippen LogP contribution is 2.65. The lowest BCUT2D eigenvalue weighted by molar-refractivity contribution is -0.156. The Balaban J connectivity index is 1.71. The Hall–Kier alpha value is -1.78. The third kappa shape index (κ3) is 2.65. The fraction of sp³-hybridized carbons (Fsp3) is 0.739. The SMILES string of the molecule is CC(CC(=O)O)C1CCC2C3C(=O)CC4=CC(=O)CCC4(C)C3C(=O)CC12C. The van der Waals surface area contributed by atoms with Gasteiger partial charge in [-0.1, -0.05) is 26.3 Å². The Morgan fingerprint density at radius 2 is 1.93 bits per heavy atom. The van der Waals surface area contributed by atoms with Gasteiger partial charge in [-0.3, -0.25) is 19.2 Å². The molecule has 0 aromatic carbocycles. The molecule has 0 spiro atoms. The second-order valence-corrected chi connectivity index (χ2v) is 10.2. The number of carbonyl (C=O) groups excluding carboxylic acids is 3. The molecule has 0 bridgehead atoms. The van der Waals surface area contributed by atoms with E-state index >= 15 is 0 Å². The van der Waals surface area contributed by atoms with Crippen LogP contribution in [0.4, 0.5) is 0 Å². The van der Waals surface area contributed by atoms with Crippen molar-refractivity contribution in [3.8, 4) is 0 Å². The fourth-order valence-electron chi connectivity index (χ4n) is 7.47. The Bertz CT molecular complexity index is 795. The number of hydrogen-bond acceptors (Lipinski definition) is 4. The summed E-state index contributed by atoms with van der Waals surface area (Å²) in [6.45, 7) is 6.17. The van der Waals surface area contributed by atoms with E-state index in [2.05, 4.69) is 13.8 Å². The first-order valence-corrected chi connectivity index (χ1v) is 10.6. The summed E-state index contributed by atoms with van der Waals surface area (Å²) in [5.74, 6) is -0.785. The van der Waals surface area contributed by atoms with Crippen LogP contribution < -0.4 is 0 Å². The summed E-state index contributed by atoms with van der Waals surface area (Å²) < 4.78 is 0. The molecule has 3 saturated carbocycles. The van der Waals surface area contributed by atoms with Gasteiger partial charge in [0.2, 0.25) is 0 Å². The van der Waals surface area contributed by atoms with E-state index in [0.29, 0.717) is 25.7 Å². The molecule has 0 saturated heterocycles. The van der Waals surface area contributed by atoms with Crippen molar-refractivity contribution in [3.63, 3.8) is 0 Å². The first-order chi connectivity index (χ1) is 13.1. The molecule has 0 aromatic rings. The Morgan fingerprint density at radius 3 is 2.61 bits per heavy atom. The number of aliphatic carboxylic acids is 1. The van der Waals surface area contributed by atoms with Crippen molar-refractivity contribution in [2.24, 2.45) is 40.4 Å². The summed E-state index contributed by atoms with van der Waals surface area (Å²) >= 11 is 0. The molecule has 0 aromatic heterocycles. The quantitative estimate of drug-likeness (QED) is 0.800. The molecule has 4 rings (SSSR count). The van der Waals surface area contributed by atoms with Gasteiger partial charge in [0.25, 0.3) is 0 Å². The van der Waals surface area contributed by atoms with Crippen molar-refractivity contribution < 1.29 is 24.3 Å². The van der Waals surface area contributed by atoms with Crippen LogP contribution in [-0.2, 0) is 19.2 Å². The normalized spacial score (nSPS) is 43.7. The number of carboxylic acid groups (broad SMARTS) is 1. The predicted molar refractivity (Wildman–Crippen MR) is 102 cm³/mol. The van der Waals surface area contributed by atoms with Crippen molar-refractivity contribution in [3.05, 3.63) is 11.6 Å². The van der Waals surface area contributed by atoms with Crippen LogP contribution in [0.5, 0.6) is 0 Å². The Labute approximate surface area is 165 Å². The second-order valence-electron chi connectivity index (χ2n) is 10.2. The standard InChI is InChI=1S/C23H30O5/c1-12(8-19(27)28)15-4-5-16-20-17(25)10-13-9-14(24)6-7-22(13,2)21(20)18(26)11-23(15,16)3/h9,12,15-16,20-21H,4-8,10-11H2,1-3H3,(H,27,28). The monoisotopic (exact) mass is 386 g/mol. The molecule has 28 heavy (non-hydrogen) atoms. The molecule has 152 valence electrons. The van der Waals surface area contributed by atoms with Crippen LogP contribution in [-0.4, -0.2) is 28.4 Å². The lowest BCUT2D eigenvalue weighted by Gasteiger charge is -2.56. The largest absolute Gasteiger partial charge is 0.481 e. The zero-order chi connectivity index (χ0) is 20.4. The van der Waals surface area contributed by atoms with Gasteiger partial charge in [-0.05, 0) is 48.5 Å². The number of ketones is 3. The molecular weight excluding hydrogens is 356 g/mol. The zero-order valence-electron chi connectivity index (χ0n) is 17.0. The minimum absolute atomic E-state index is 0.00566. The van der Waals surface area contributed by atoms with Crippen LogP contribution in [0.2, 0.25) is 0 Å². The summed E-state index contributed by atoms with van der Waals surface area (Å²) in [4.78, 5) is 49.9. The smallest absolute Gasteiger partial charge is 0.303 e. The second kappa shape index (κ2) is 6.36. The minimum atomic E-state index is -0.803. The van der Waals surface area contributed by atoms with Crippen LogP contribution in [0.3, 0.4) is 0 Å². The van der Waals surface area contributed by atoms with E-state index in [1.165, 1.54) is 0 Å². The number of Topliss-reactive ketones (excluding diaryl/α,β-unsaturated/α-hetero) is 2. The van der Waals surface area contributed by atoms with E-state index in [0.717, 1.165) is 18.4 Å². The zero-order valence-corrected chi connectivity index (χ0v) is 17.0. The Kier molecular flexibility index (Phi) is 4.44. The van der Waals surface area contributed by atoms with Crippen LogP contribution in [0, 0.1) is 40.4 Å². The van der Waals surface area contributed by atoms with E-state index in [4.69, 9.17) is 0 Å². The summed E-state index contributed by atoms with van der Waals surface area (Å²) in [6, 6.07) is 0. The lowest BCUT2D eigenvalue weighted by atomic mass is 9.45. The third-order valence-electron chi connectivity index (χ3n) is 8.74. The van der Waals surface area contributed by atoms with E-state index in [-0.39, 0.29) is 64.2 Å². The lowest BCUT2D eigenvalue weighted by Crippen LogP contribution is -2.58. The van der Waals surface area contributed by atoms with Crippen LogP contribution in [0.1, 0.15) is 65.7 Å². The maximum atomic E-state index is 13.5. The summed E-state index contributed by atoms with van der Waals surface area (Å²) in [6.07, 6.45) is 5.33. The first-order valence-electron chi connectivity index (χ1n) is 10.6. The molecule has 5 nitrogen and oxygen atoms in total. The number of hydrogen-bond donors (Lipinski definition) is 1. The van der Waals surface area contributed by atoms with Gasteiger partial charge in [-0.2, -0.15) is 0 Å². The molecule has 4 aliphatic carbocycles. The van der Waals surface area contributed by atoms with E-state index in [1.54, 1.807) is 6.08 Å². The maximum Gasteiger partial charge on any atom is 0.303 e. The molecule has 0 radical (unpaired) electrons. The van der Waals surface area contributed by atoms with Crippen LogP contribution in [0.15, 0.2) is 11.6 Å². The number of allylic oxidation sites excluding steroid dienone is 1. The van der Waals surface area contributed by atoms with Crippen molar-refractivity contribution in [2.45, 2.75) is 65.7 Å². The van der Waals surface area contributed by atoms with Crippen molar-refractivity contribution in [1.29, 1.82) is 0 Å². The molecule has 0 amide bonds. The molecule has 7 atom stereocenters. The fourth-order valence-corrected chi connectivity index (χ4v) is 7.47. The van der Waals surface area contributed by atoms with E-state index in [9.17, 15) is 24.3 Å². The molecule has 4 aliphatic rings. The van der Waals surface area contributed by atoms with E-state index < -0.39 is 5.97 Å². The summed E-state index contributed by atoms with van der Waals surface area (Å²) in [7, 11) is 0. The highest BCUT2D eigenvalue weighted by molar-refractivity contribution is 5.99. The van der Waals surface area contributed by atoms with Crippen molar-refractivity contribution >= 4 is 23.3 Å². The number of carboxylic acids is 1. The third-order valence-corrected chi connectivity index (χ3v) is 8.74. The molecule has 0 heterocycles. The molecule has 1 N–H and O–H groups in total. The highest BCUT2D eigenvalue weighted by atomic mass is 16.4. The average molecular weight is 386 g/mol. The van der Waals surface area contributed by atoms with Gasteiger partial charge in [0.1, 0.15) is 11.6 Å². The van der Waals surface area contributed by atoms with Gasteiger partial charge in [0.05, 0.1) is 0 Å². The van der Waals surface area contributed by atoms with Crippen molar-refractivity contribution in [2.75, 3.05) is 0 Å². The minimum Gasteiger partial charge on any atom is -0.481 e. The number of rotatable bonds is 3. The van der Waals surface area contributed by atoms with Crippen LogP contribution >= 0.6 is 0 Å². The van der Waals surface area contributed by atoms with Crippen LogP contribution in [0.25, 0.3) is 0 Å². The van der Waals surface area contributed by atoms with Gasteiger partial charge in [0.15, 0.2) is 5.78 Å². The topological polar surface area (TPSA) is 88.5 Å². The predicted octanol–water partition coefficient (Wildman–Crippen LogP) is 3.60. The average Bonchev–Trinajstić information content (AvgIpc) is 2.92. The summed E-state index contributed by atoms with van der Waals surface area (Å²) in [5, 5.41) is 9.24. The van der Waals surface area contributed by atoms with Gasteiger partial charge in [0, 0.05) is 42.9 Å². The van der Waals surface area contributed by atoms with Gasteiger partial charge < -0.3 is 5.11 Å². The molecule has 0 aliphatic heterocycles. The van der Waals surface area contributed by atoms with Crippen molar-refractivity contribution in [1.82, 2.24) is 0 Å². The Morgan fingerprint density at radius 1 is 1.21 bits per heavy atom. The van der Waals surface area contributed by atoms with Gasteiger partial charge in [-0.15, -0.1) is 0 Å². The molecule has 5 heteroatoms. The number of carbonyl (C=O) groups is 4. The van der Waals surface area contributed by atoms with Gasteiger partial charge in [-0.25, -0.2) is 0 Å². The summed E-state index contributed by atoms with van der Waals surface area (Å²) in [5.41, 5.74) is 0.182. The first kappa shape index (κ1) is 19.5. The van der Waals surface area contributed by atoms with E-state index in [1.807, 2.05) is 6.92 Å². The molecular formula is C23H30O5. The highest BCUT2D eigenvalue weighted by Gasteiger charge is 2.64.